The molecule has 7 nitrogen and oxygen atoms in total. The third-order valence-electron chi connectivity index (χ3n) is 4.93. The van der Waals surface area contributed by atoms with Gasteiger partial charge in [-0.1, -0.05) is 6.07 Å². The highest BCUT2D eigenvalue weighted by atomic mass is 32.2. The number of sulfonamides is 1. The molecule has 0 saturated carbocycles. The molecule has 0 fully saturated rings. The van der Waals surface area contributed by atoms with Gasteiger partial charge in [-0.15, -0.1) is 0 Å². The van der Waals surface area contributed by atoms with E-state index in [2.05, 4.69) is 10.2 Å². The van der Waals surface area contributed by atoms with Crippen molar-refractivity contribution in [2.24, 2.45) is 5.14 Å². The zero-order chi connectivity index (χ0) is 22.8. The molecule has 0 saturated heterocycles. The minimum atomic E-state index is -3.79. The van der Waals surface area contributed by atoms with E-state index in [-0.39, 0.29) is 10.8 Å². The Hall–Kier alpha value is -3.67. The van der Waals surface area contributed by atoms with E-state index < -0.39 is 10.0 Å². The fourth-order valence-electron chi connectivity index (χ4n) is 3.01. The van der Waals surface area contributed by atoms with Crippen LogP contribution in [0.4, 0.5) is 11.4 Å². The summed E-state index contributed by atoms with van der Waals surface area (Å²) in [4.78, 5) is 16.1. The molecule has 3 rings (SSSR count). The molecule has 0 aliphatic carbocycles. The number of aryl methyl sites for hydroxylation is 1. The first-order chi connectivity index (χ1) is 14.6. The normalized spacial score (nSPS) is 10.9. The van der Waals surface area contributed by atoms with Crippen LogP contribution in [-0.2, 0) is 10.0 Å². The van der Waals surface area contributed by atoms with Gasteiger partial charge < -0.3 is 10.1 Å². The molecule has 31 heavy (non-hydrogen) atoms. The van der Waals surface area contributed by atoms with Gasteiger partial charge in [0, 0.05) is 11.3 Å². The Morgan fingerprint density at radius 2 is 1.61 bits per heavy atom. The first-order valence-electron chi connectivity index (χ1n) is 9.30. The van der Waals surface area contributed by atoms with Crippen LogP contribution in [0.1, 0.15) is 27.0 Å². The Kier molecular flexibility index (Phi) is 6.11. The summed E-state index contributed by atoms with van der Waals surface area (Å²) in [6.45, 7) is 12.7. The summed E-state index contributed by atoms with van der Waals surface area (Å²) in [5.74, 6) is 0.931. The van der Waals surface area contributed by atoms with Crippen LogP contribution < -0.4 is 15.2 Å². The Labute approximate surface area is 181 Å². The second-order valence-electron chi connectivity index (χ2n) is 7.05. The maximum Gasteiger partial charge on any atom is 0.255 e. The number of hydrogen-bond acceptors (Lipinski definition) is 4. The van der Waals surface area contributed by atoms with Crippen LogP contribution >= 0.6 is 0 Å². The molecule has 3 N–H and O–H groups in total. The van der Waals surface area contributed by atoms with Crippen molar-refractivity contribution in [3.8, 4) is 11.5 Å². The first kappa shape index (κ1) is 22.0. The Bertz CT molecular complexity index is 1310. The second kappa shape index (κ2) is 8.60. The lowest BCUT2D eigenvalue weighted by molar-refractivity contribution is 0.102. The third kappa shape index (κ3) is 4.91. The number of nitrogens with zero attached hydrogens (tertiary/aromatic N) is 1. The maximum atomic E-state index is 12.7. The van der Waals surface area contributed by atoms with Crippen molar-refractivity contribution in [3.63, 3.8) is 0 Å². The fourth-order valence-corrected chi connectivity index (χ4v) is 3.53. The maximum absolute atomic E-state index is 12.7. The fraction of sp³-hybridized carbons (Fsp3) is 0.130. The number of anilines is 1. The molecule has 1 amide bonds. The quantitative estimate of drug-likeness (QED) is 0.559. The zero-order valence-corrected chi connectivity index (χ0v) is 18.1. The molecular weight excluding hydrogens is 414 g/mol. The lowest BCUT2D eigenvalue weighted by Crippen LogP contribution is -2.15. The predicted octanol–water partition coefficient (Wildman–Crippen LogP) is 4.85. The zero-order valence-electron chi connectivity index (χ0n) is 17.3. The van der Waals surface area contributed by atoms with Gasteiger partial charge in [-0.05, 0) is 86.0 Å². The lowest BCUT2D eigenvalue weighted by atomic mass is 10.0. The summed E-state index contributed by atoms with van der Waals surface area (Å²) in [6.07, 6.45) is 0. The molecule has 0 unspecified atom stereocenters. The summed E-state index contributed by atoms with van der Waals surface area (Å²) in [5, 5.41) is 7.84. The van der Waals surface area contributed by atoms with Crippen LogP contribution in [0.15, 0.2) is 59.5 Å². The van der Waals surface area contributed by atoms with E-state index in [1.165, 1.54) is 24.3 Å². The van der Waals surface area contributed by atoms with E-state index in [0.717, 1.165) is 16.7 Å². The van der Waals surface area contributed by atoms with Crippen molar-refractivity contribution in [3.05, 3.63) is 88.3 Å². The van der Waals surface area contributed by atoms with Gasteiger partial charge in [0.25, 0.3) is 5.91 Å². The van der Waals surface area contributed by atoms with Gasteiger partial charge in [-0.3, -0.25) is 4.79 Å². The molecule has 0 atom stereocenters. The van der Waals surface area contributed by atoms with E-state index in [1.807, 2.05) is 20.8 Å². The van der Waals surface area contributed by atoms with E-state index >= 15 is 0 Å². The molecule has 0 spiro atoms. The monoisotopic (exact) mass is 435 g/mol. The lowest BCUT2D eigenvalue weighted by Gasteiger charge is -2.15. The molecule has 3 aromatic carbocycles. The second-order valence-corrected chi connectivity index (χ2v) is 8.61. The van der Waals surface area contributed by atoms with Crippen LogP contribution in [0.2, 0.25) is 0 Å². The minimum absolute atomic E-state index is 0.0289. The smallest absolute Gasteiger partial charge is 0.255 e. The number of nitrogens with one attached hydrogen (secondary N) is 1. The van der Waals surface area contributed by atoms with Crippen molar-refractivity contribution in [2.75, 3.05) is 5.32 Å². The summed E-state index contributed by atoms with van der Waals surface area (Å²) >= 11 is 0. The summed E-state index contributed by atoms with van der Waals surface area (Å²) in [6, 6.07) is 14.2. The Balaban J connectivity index is 1.81. The number of carbonyl (C=O) groups is 1. The number of ether oxygens (including phenoxy) is 1. The van der Waals surface area contributed by atoms with Crippen LogP contribution in [0.3, 0.4) is 0 Å². The molecule has 0 aliphatic heterocycles. The van der Waals surface area contributed by atoms with Crippen molar-refractivity contribution >= 4 is 27.3 Å². The molecule has 0 aliphatic rings. The molecular formula is C23H21N3O4S. The van der Waals surface area contributed by atoms with Crippen molar-refractivity contribution in [2.45, 2.75) is 25.7 Å². The summed E-state index contributed by atoms with van der Waals surface area (Å²) in [7, 11) is -3.79. The first-order valence-corrected chi connectivity index (χ1v) is 10.8. The number of rotatable bonds is 5. The number of carbonyl (C=O) groups excluding carboxylic acids is 1. The van der Waals surface area contributed by atoms with Crippen molar-refractivity contribution in [1.29, 1.82) is 0 Å². The number of benzene rings is 3. The van der Waals surface area contributed by atoms with Crippen LogP contribution in [0.25, 0.3) is 4.85 Å². The highest BCUT2D eigenvalue weighted by Crippen LogP contribution is 2.32. The van der Waals surface area contributed by atoms with Gasteiger partial charge in [0.05, 0.1) is 11.5 Å². The highest BCUT2D eigenvalue weighted by molar-refractivity contribution is 7.89. The minimum Gasteiger partial charge on any atom is -0.457 e. The van der Waals surface area contributed by atoms with Gasteiger partial charge in [0.1, 0.15) is 11.5 Å². The van der Waals surface area contributed by atoms with E-state index in [4.69, 9.17) is 16.4 Å². The van der Waals surface area contributed by atoms with Crippen LogP contribution in [0.5, 0.6) is 11.5 Å². The van der Waals surface area contributed by atoms with Gasteiger partial charge in [-0.2, -0.15) is 0 Å². The molecule has 158 valence electrons. The topological polar surface area (TPSA) is 103 Å². The molecule has 3 aromatic rings. The molecule has 0 bridgehead atoms. The van der Waals surface area contributed by atoms with Gasteiger partial charge in [-0.25, -0.2) is 18.4 Å². The van der Waals surface area contributed by atoms with Crippen molar-refractivity contribution < 1.29 is 17.9 Å². The van der Waals surface area contributed by atoms with Crippen LogP contribution in [0, 0.1) is 27.3 Å². The summed E-state index contributed by atoms with van der Waals surface area (Å²) in [5.41, 5.74) is 3.88. The largest absolute Gasteiger partial charge is 0.457 e. The van der Waals surface area contributed by atoms with E-state index in [0.29, 0.717) is 28.4 Å². The average molecular weight is 436 g/mol. The molecule has 0 heterocycles. The average Bonchev–Trinajstić information content (AvgIpc) is 2.72. The number of primary sulfonamides is 1. The summed E-state index contributed by atoms with van der Waals surface area (Å²) < 4.78 is 28.7. The van der Waals surface area contributed by atoms with Gasteiger partial charge in [0.2, 0.25) is 10.0 Å². The SMILES string of the molecule is [C-]#[N+]c1ccc(Oc2ccc(C(=O)Nc3ccc(S(N)(=O)=O)cc3)c(C)c2C)c(C)c1. The van der Waals surface area contributed by atoms with E-state index in [1.54, 1.807) is 30.3 Å². The number of nitrogens with two attached hydrogens (primary N) is 1. The molecule has 0 aromatic heterocycles. The number of hydrogen-bond donors (Lipinski definition) is 2. The number of amides is 1. The third-order valence-corrected chi connectivity index (χ3v) is 5.86. The van der Waals surface area contributed by atoms with E-state index in [9.17, 15) is 13.2 Å². The standard InChI is InChI=1S/C23H21N3O4S/c1-14-13-18(25-4)7-11-21(14)30-22-12-10-20(15(2)16(22)3)23(27)26-17-5-8-19(9-6-17)31(24,28)29/h5-13H,1-3H3,(H,26,27)(H2,24,28,29). The highest BCUT2D eigenvalue weighted by Gasteiger charge is 2.15. The van der Waals surface area contributed by atoms with Gasteiger partial charge in [0.15, 0.2) is 5.69 Å². The van der Waals surface area contributed by atoms with Crippen LogP contribution in [-0.4, -0.2) is 14.3 Å². The van der Waals surface area contributed by atoms with Gasteiger partial charge >= 0.3 is 0 Å². The van der Waals surface area contributed by atoms with Crippen molar-refractivity contribution in [1.82, 2.24) is 0 Å². The molecule has 0 radical (unpaired) electrons. The predicted molar refractivity (Wildman–Crippen MR) is 119 cm³/mol. The Morgan fingerprint density at radius 1 is 0.968 bits per heavy atom. The Morgan fingerprint density at radius 3 is 2.19 bits per heavy atom. The molecule has 8 heteroatoms.